The molecule has 1 heteroatoms. The van der Waals surface area contributed by atoms with Crippen molar-refractivity contribution in [3.8, 4) is 0 Å². The lowest BCUT2D eigenvalue weighted by Gasteiger charge is -2.20. The molecule has 1 saturated carbocycles. The van der Waals surface area contributed by atoms with Crippen molar-refractivity contribution in [1.82, 2.24) is 0 Å². The van der Waals surface area contributed by atoms with Crippen LogP contribution in [0.4, 0.5) is 0 Å². The molecule has 0 bridgehead atoms. The maximum absolute atomic E-state index is 2.29. The van der Waals surface area contributed by atoms with Crippen LogP contribution in [-0.2, 0) is 0 Å². The number of quaternary nitrogens is 1. The first kappa shape index (κ1) is 9.05. The molecule has 1 rings (SSSR count). The van der Waals surface area contributed by atoms with Gasteiger partial charge >= 0.3 is 0 Å². The summed E-state index contributed by atoms with van der Waals surface area (Å²) in [5, 5.41) is 2.29. The van der Waals surface area contributed by atoms with Gasteiger partial charge in [-0.25, -0.2) is 0 Å². The van der Waals surface area contributed by atoms with Gasteiger partial charge in [-0.2, -0.15) is 0 Å². The normalized spacial score (nSPS) is 20.5. The molecule has 0 amide bonds. The summed E-state index contributed by atoms with van der Waals surface area (Å²) in [5.74, 6) is 1.09. The van der Waals surface area contributed by atoms with Gasteiger partial charge in [0.05, 0.1) is 13.6 Å². The van der Waals surface area contributed by atoms with Gasteiger partial charge in [0.2, 0.25) is 0 Å². The lowest BCUT2D eigenvalue weighted by Crippen LogP contribution is -2.79. The van der Waals surface area contributed by atoms with E-state index in [1.807, 2.05) is 0 Å². The molecule has 1 aliphatic rings. The van der Waals surface area contributed by atoms with E-state index in [1.165, 1.54) is 51.5 Å². The van der Waals surface area contributed by atoms with Crippen LogP contribution in [0.1, 0.15) is 44.9 Å². The molecule has 1 fully saturated rings. The average molecular weight is 156 g/mol. The Hall–Kier alpha value is -0.0400. The highest BCUT2D eigenvalue weighted by Gasteiger charge is 2.12. The molecule has 0 saturated heterocycles. The summed E-state index contributed by atoms with van der Waals surface area (Å²) in [6.45, 7) is 1.33. The smallest absolute Gasteiger partial charge is 0.0753 e. The van der Waals surface area contributed by atoms with Crippen LogP contribution in [0.15, 0.2) is 0 Å². The van der Waals surface area contributed by atoms with Crippen molar-refractivity contribution < 1.29 is 5.32 Å². The Bertz CT molecular complexity index is 84.9. The molecule has 2 N–H and O–H groups in total. The summed E-state index contributed by atoms with van der Waals surface area (Å²) >= 11 is 0. The summed E-state index contributed by atoms with van der Waals surface area (Å²) in [7, 11) is 2.17. The van der Waals surface area contributed by atoms with E-state index in [4.69, 9.17) is 0 Å². The highest BCUT2D eigenvalue weighted by molar-refractivity contribution is 4.65. The predicted octanol–water partition coefficient (Wildman–Crippen LogP) is 1.54. The molecule has 11 heavy (non-hydrogen) atoms. The number of rotatable bonds is 4. The number of nitrogens with two attached hydrogens (primary N) is 1. The first-order valence-corrected chi connectivity index (χ1v) is 5.21. The fourth-order valence-corrected chi connectivity index (χ4v) is 2.09. The zero-order valence-electron chi connectivity index (χ0n) is 7.81. The van der Waals surface area contributed by atoms with Crippen LogP contribution >= 0.6 is 0 Å². The van der Waals surface area contributed by atoms with Gasteiger partial charge in [0.15, 0.2) is 0 Å². The summed E-state index contributed by atoms with van der Waals surface area (Å²) in [6, 6.07) is 0. The van der Waals surface area contributed by atoms with Gasteiger partial charge in [0, 0.05) is 0 Å². The van der Waals surface area contributed by atoms with E-state index in [1.54, 1.807) is 0 Å². The van der Waals surface area contributed by atoms with Gasteiger partial charge in [-0.3, -0.25) is 0 Å². The van der Waals surface area contributed by atoms with Gasteiger partial charge in [0.25, 0.3) is 0 Å². The van der Waals surface area contributed by atoms with E-state index >= 15 is 0 Å². The van der Waals surface area contributed by atoms with E-state index in [9.17, 15) is 0 Å². The molecule has 66 valence electrons. The van der Waals surface area contributed by atoms with E-state index < -0.39 is 0 Å². The molecule has 0 radical (unpaired) electrons. The number of hydrogen-bond donors (Lipinski definition) is 1. The second-order valence-corrected chi connectivity index (χ2v) is 3.84. The Labute approximate surface area is 70.6 Å². The van der Waals surface area contributed by atoms with Gasteiger partial charge in [-0.1, -0.05) is 32.1 Å². The summed E-state index contributed by atoms with van der Waals surface area (Å²) in [5.41, 5.74) is 0. The minimum absolute atomic E-state index is 1.09. The SMILES string of the molecule is C[NH2+]CCCC1CCCCC1. The first-order valence-electron chi connectivity index (χ1n) is 5.21. The first-order chi connectivity index (χ1) is 5.43. The standard InChI is InChI=1S/C10H21N/c1-11-9-5-8-10-6-3-2-4-7-10/h10-11H,2-9H2,1H3/p+1. The van der Waals surface area contributed by atoms with Crippen molar-refractivity contribution in [3.63, 3.8) is 0 Å². The minimum Gasteiger partial charge on any atom is -0.349 e. The molecule has 1 aliphatic carbocycles. The molecular formula is C10H22N+. The molecule has 0 aromatic rings. The number of hydrogen-bond acceptors (Lipinski definition) is 0. The third kappa shape index (κ3) is 3.76. The van der Waals surface area contributed by atoms with Crippen molar-refractivity contribution >= 4 is 0 Å². The topological polar surface area (TPSA) is 16.6 Å². The Morgan fingerprint density at radius 3 is 2.55 bits per heavy atom. The second kappa shape index (κ2) is 5.59. The van der Waals surface area contributed by atoms with Crippen LogP contribution in [-0.4, -0.2) is 13.6 Å². The molecule has 0 atom stereocenters. The predicted molar refractivity (Wildman–Crippen MR) is 48.5 cm³/mol. The fraction of sp³-hybridized carbons (Fsp3) is 1.00. The fourth-order valence-electron chi connectivity index (χ4n) is 2.09. The van der Waals surface area contributed by atoms with Gasteiger partial charge in [0.1, 0.15) is 0 Å². The lowest BCUT2D eigenvalue weighted by molar-refractivity contribution is -0.627. The molecule has 0 unspecified atom stereocenters. The molecular weight excluding hydrogens is 134 g/mol. The van der Waals surface area contributed by atoms with E-state index in [-0.39, 0.29) is 0 Å². The van der Waals surface area contributed by atoms with Gasteiger partial charge in [-0.15, -0.1) is 0 Å². The highest BCUT2D eigenvalue weighted by Crippen LogP contribution is 2.26. The van der Waals surface area contributed by atoms with Crippen molar-refractivity contribution in [2.45, 2.75) is 44.9 Å². The van der Waals surface area contributed by atoms with Crippen molar-refractivity contribution in [2.24, 2.45) is 5.92 Å². The van der Waals surface area contributed by atoms with Crippen LogP contribution in [0.5, 0.6) is 0 Å². The minimum atomic E-state index is 1.09. The maximum atomic E-state index is 2.29. The van der Waals surface area contributed by atoms with Crippen LogP contribution in [0.3, 0.4) is 0 Å². The molecule has 0 heterocycles. The largest absolute Gasteiger partial charge is 0.349 e. The van der Waals surface area contributed by atoms with E-state index in [0.717, 1.165) is 5.92 Å². The molecule has 0 aromatic heterocycles. The third-order valence-electron chi connectivity index (χ3n) is 2.83. The summed E-state index contributed by atoms with van der Waals surface area (Å²) in [4.78, 5) is 0. The van der Waals surface area contributed by atoms with Crippen LogP contribution in [0.25, 0.3) is 0 Å². The Balaban J connectivity index is 1.96. The van der Waals surface area contributed by atoms with Crippen LogP contribution in [0, 0.1) is 5.92 Å². The van der Waals surface area contributed by atoms with Crippen molar-refractivity contribution in [2.75, 3.05) is 13.6 Å². The van der Waals surface area contributed by atoms with E-state index in [2.05, 4.69) is 12.4 Å². The zero-order valence-corrected chi connectivity index (χ0v) is 7.81. The van der Waals surface area contributed by atoms with Crippen molar-refractivity contribution in [1.29, 1.82) is 0 Å². The van der Waals surface area contributed by atoms with Crippen LogP contribution in [0.2, 0.25) is 0 Å². The maximum Gasteiger partial charge on any atom is 0.0753 e. The summed E-state index contributed by atoms with van der Waals surface area (Å²) in [6.07, 6.45) is 10.5. The quantitative estimate of drug-likeness (QED) is 0.595. The molecule has 1 nitrogen and oxygen atoms in total. The zero-order chi connectivity index (χ0) is 7.94. The Morgan fingerprint density at radius 1 is 1.18 bits per heavy atom. The summed E-state index contributed by atoms with van der Waals surface area (Å²) < 4.78 is 0. The van der Waals surface area contributed by atoms with Crippen LogP contribution < -0.4 is 5.32 Å². The third-order valence-corrected chi connectivity index (χ3v) is 2.83. The average Bonchev–Trinajstić information content (AvgIpc) is 2.07. The Morgan fingerprint density at radius 2 is 1.91 bits per heavy atom. The highest BCUT2D eigenvalue weighted by atomic mass is 14.8. The van der Waals surface area contributed by atoms with E-state index in [0.29, 0.717) is 0 Å². The van der Waals surface area contributed by atoms with Gasteiger partial charge in [-0.05, 0) is 18.8 Å². The lowest BCUT2D eigenvalue weighted by atomic mass is 9.86. The monoisotopic (exact) mass is 156 g/mol. The molecule has 0 aromatic carbocycles. The molecule has 0 spiro atoms. The Kier molecular flexibility index (Phi) is 4.60. The van der Waals surface area contributed by atoms with Gasteiger partial charge < -0.3 is 5.32 Å². The second-order valence-electron chi connectivity index (χ2n) is 3.84. The van der Waals surface area contributed by atoms with Crippen molar-refractivity contribution in [3.05, 3.63) is 0 Å². The molecule has 0 aliphatic heterocycles.